The number of rotatable bonds is 6. The van der Waals surface area contributed by atoms with E-state index in [2.05, 4.69) is 49.4 Å². The van der Waals surface area contributed by atoms with Crippen LogP contribution in [0, 0.1) is 6.92 Å². The molecule has 202 valence electrons. The summed E-state index contributed by atoms with van der Waals surface area (Å²) in [7, 11) is 2.83. The zero-order chi connectivity index (χ0) is 27.8. The van der Waals surface area contributed by atoms with Crippen LogP contribution in [0.3, 0.4) is 0 Å². The van der Waals surface area contributed by atoms with Gasteiger partial charge in [-0.25, -0.2) is 9.79 Å². The van der Waals surface area contributed by atoms with E-state index in [4.69, 9.17) is 19.2 Å². The number of thiazole rings is 1. The highest BCUT2D eigenvalue weighted by Gasteiger charge is 2.32. The first-order valence-corrected chi connectivity index (χ1v) is 13.9. The van der Waals surface area contributed by atoms with Crippen LogP contribution >= 0.6 is 11.3 Å². The third kappa shape index (κ3) is 4.54. The zero-order valence-electron chi connectivity index (χ0n) is 22.5. The van der Waals surface area contributed by atoms with Gasteiger partial charge in [0.25, 0.3) is 5.56 Å². The van der Waals surface area contributed by atoms with Crippen molar-refractivity contribution in [2.24, 2.45) is 4.99 Å². The fourth-order valence-corrected chi connectivity index (χ4v) is 6.36. The Morgan fingerprint density at radius 3 is 2.62 bits per heavy atom. The lowest BCUT2D eigenvalue weighted by Gasteiger charge is -2.30. The van der Waals surface area contributed by atoms with Gasteiger partial charge in [0.2, 0.25) is 0 Å². The molecule has 6 rings (SSSR count). The number of aryl methyl sites for hydroxylation is 2. The van der Waals surface area contributed by atoms with E-state index in [1.807, 2.05) is 22.8 Å². The first-order valence-electron chi connectivity index (χ1n) is 13.0. The molecule has 1 aliphatic heterocycles. The zero-order valence-corrected chi connectivity index (χ0v) is 23.3. The summed E-state index contributed by atoms with van der Waals surface area (Å²) in [5.74, 6) is 0.305. The summed E-state index contributed by atoms with van der Waals surface area (Å²) in [6.07, 6.45) is 3.52. The van der Waals surface area contributed by atoms with E-state index in [1.54, 1.807) is 12.1 Å². The maximum absolute atomic E-state index is 14.1. The number of carbonyl (C=O) groups is 1. The second kappa shape index (κ2) is 10.6. The van der Waals surface area contributed by atoms with E-state index in [1.165, 1.54) is 31.1 Å². The van der Waals surface area contributed by atoms with Gasteiger partial charge in [-0.2, -0.15) is 0 Å². The Bertz CT molecular complexity index is 1830. The number of hydrogen-bond acceptors (Lipinski definition) is 7. The van der Waals surface area contributed by atoms with Crippen LogP contribution in [0.15, 0.2) is 82.1 Å². The normalized spacial score (nSPS) is 16.0. The molecule has 40 heavy (non-hydrogen) atoms. The van der Waals surface area contributed by atoms with Crippen LogP contribution < -0.4 is 24.4 Å². The molecule has 7 nitrogen and oxygen atoms in total. The van der Waals surface area contributed by atoms with E-state index < -0.39 is 5.97 Å². The topological polar surface area (TPSA) is 79.1 Å². The number of carbonyl (C=O) groups excluding carboxylic acids is 1. The van der Waals surface area contributed by atoms with Crippen molar-refractivity contribution in [2.75, 3.05) is 20.8 Å². The van der Waals surface area contributed by atoms with E-state index in [0.717, 1.165) is 40.8 Å². The quantitative estimate of drug-likeness (QED) is 0.335. The van der Waals surface area contributed by atoms with Crippen molar-refractivity contribution < 1.29 is 19.0 Å². The van der Waals surface area contributed by atoms with Gasteiger partial charge in [0.15, 0.2) is 22.9 Å². The summed E-state index contributed by atoms with van der Waals surface area (Å²) in [6.45, 7) is 1.78. The number of fused-ring (bicyclic) bond motifs is 3. The number of benzene rings is 3. The number of aromatic nitrogens is 1. The molecule has 1 unspecified atom stereocenters. The molecule has 0 radical (unpaired) electrons. The fourth-order valence-electron chi connectivity index (χ4n) is 5.36. The molecule has 2 heterocycles. The fraction of sp³-hybridized carbons (Fsp3) is 0.219. The molecule has 0 spiro atoms. The van der Waals surface area contributed by atoms with Crippen molar-refractivity contribution in [1.29, 1.82) is 0 Å². The Kier molecular flexibility index (Phi) is 6.86. The minimum Gasteiger partial charge on any atom is -0.493 e. The predicted octanol–water partition coefficient (Wildman–Crippen LogP) is 4.19. The summed E-state index contributed by atoms with van der Waals surface area (Å²) in [6, 6.07) is 21.9. The minimum absolute atomic E-state index is 0.124. The molecule has 1 aromatic heterocycles. The average Bonchev–Trinajstić information content (AvgIpc) is 3.29. The highest BCUT2D eigenvalue weighted by molar-refractivity contribution is 7.07. The summed E-state index contributed by atoms with van der Waals surface area (Å²) >= 11 is 1.35. The number of allylic oxidation sites excluding steroid dienone is 1. The number of hydrogen-bond donors (Lipinski definition) is 0. The molecule has 0 amide bonds. The maximum Gasteiger partial charge on any atom is 0.343 e. The Morgan fingerprint density at radius 2 is 1.85 bits per heavy atom. The van der Waals surface area contributed by atoms with Gasteiger partial charge in [0.1, 0.15) is 0 Å². The van der Waals surface area contributed by atoms with Crippen LogP contribution in [0.5, 0.6) is 11.5 Å². The number of esters is 1. The van der Waals surface area contributed by atoms with Gasteiger partial charge in [-0.05, 0) is 48.6 Å². The van der Waals surface area contributed by atoms with Crippen LogP contribution in [-0.4, -0.2) is 31.4 Å². The maximum atomic E-state index is 14.1. The molecule has 0 saturated heterocycles. The Morgan fingerprint density at radius 1 is 1.05 bits per heavy atom. The van der Waals surface area contributed by atoms with Gasteiger partial charge in [-0.15, -0.1) is 0 Å². The second-order valence-electron chi connectivity index (χ2n) is 9.77. The monoisotopic (exact) mass is 552 g/mol. The Labute approximate surface area is 235 Å². The highest BCUT2D eigenvalue weighted by atomic mass is 32.1. The standard InChI is InChI=1S/C32H28N2O5S/c1-19-11-13-21(14-12-19)29-24-16-15-20-7-4-5-9-23(20)28(24)33-32-34(29)31(36)26(40-32)17-22-8-6-10-25(37-2)30(22)39-18-27(35)38-3/h4-14,17,29H,15-16,18H2,1-3H3. The summed E-state index contributed by atoms with van der Waals surface area (Å²) in [5, 5.41) is 0. The van der Waals surface area contributed by atoms with E-state index in [-0.39, 0.29) is 18.2 Å². The molecule has 8 heteroatoms. The van der Waals surface area contributed by atoms with Crippen molar-refractivity contribution in [3.05, 3.63) is 120 Å². The van der Waals surface area contributed by atoms with Gasteiger partial charge in [-0.1, -0.05) is 77.6 Å². The van der Waals surface area contributed by atoms with Crippen LogP contribution in [0.4, 0.5) is 0 Å². The van der Waals surface area contributed by atoms with Gasteiger partial charge in [0, 0.05) is 11.1 Å². The number of nitrogens with zero attached hydrogens (tertiary/aromatic N) is 2. The van der Waals surface area contributed by atoms with E-state index in [9.17, 15) is 9.59 Å². The third-order valence-electron chi connectivity index (χ3n) is 7.34. The largest absolute Gasteiger partial charge is 0.493 e. The van der Waals surface area contributed by atoms with Crippen molar-refractivity contribution in [3.63, 3.8) is 0 Å². The molecule has 2 aliphatic rings. The second-order valence-corrected chi connectivity index (χ2v) is 10.8. The molecule has 0 saturated carbocycles. The van der Waals surface area contributed by atoms with Gasteiger partial charge >= 0.3 is 5.97 Å². The molecule has 1 aliphatic carbocycles. The molecule has 0 N–H and O–H groups in total. The van der Waals surface area contributed by atoms with Gasteiger partial charge < -0.3 is 14.2 Å². The lowest BCUT2D eigenvalue weighted by Crippen LogP contribution is -2.38. The van der Waals surface area contributed by atoms with Gasteiger partial charge in [-0.3, -0.25) is 9.36 Å². The first kappa shape index (κ1) is 25.8. The predicted molar refractivity (Wildman–Crippen MR) is 154 cm³/mol. The van der Waals surface area contributed by atoms with E-state index in [0.29, 0.717) is 26.4 Å². The van der Waals surface area contributed by atoms with Crippen LogP contribution in [0.2, 0.25) is 0 Å². The number of ether oxygens (including phenoxy) is 3. The Balaban J connectivity index is 1.55. The highest BCUT2D eigenvalue weighted by Crippen LogP contribution is 2.41. The lowest BCUT2D eigenvalue weighted by atomic mass is 9.83. The van der Waals surface area contributed by atoms with E-state index >= 15 is 0 Å². The van der Waals surface area contributed by atoms with Crippen molar-refractivity contribution in [2.45, 2.75) is 25.8 Å². The number of para-hydroxylation sites is 1. The summed E-state index contributed by atoms with van der Waals surface area (Å²) in [5.41, 5.74) is 7.24. The first-order chi connectivity index (χ1) is 19.5. The molecule has 0 fully saturated rings. The van der Waals surface area contributed by atoms with Gasteiger partial charge in [0.05, 0.1) is 30.5 Å². The number of methoxy groups -OCH3 is 2. The molecule has 0 bridgehead atoms. The average molecular weight is 553 g/mol. The smallest absolute Gasteiger partial charge is 0.343 e. The van der Waals surface area contributed by atoms with Crippen molar-refractivity contribution >= 4 is 29.1 Å². The molecular formula is C32H28N2O5S. The molecule has 3 aromatic carbocycles. The molecule has 1 atom stereocenters. The minimum atomic E-state index is -0.514. The van der Waals surface area contributed by atoms with Crippen LogP contribution in [0.1, 0.15) is 40.3 Å². The van der Waals surface area contributed by atoms with Crippen LogP contribution in [0.25, 0.3) is 11.8 Å². The van der Waals surface area contributed by atoms with Crippen molar-refractivity contribution in [3.8, 4) is 11.5 Å². The third-order valence-corrected chi connectivity index (χ3v) is 8.33. The van der Waals surface area contributed by atoms with Crippen LogP contribution in [-0.2, 0) is 16.0 Å². The summed E-state index contributed by atoms with van der Waals surface area (Å²) in [4.78, 5) is 31.6. The SMILES string of the molecule is COC(=O)COc1c(C=c2sc3n(c2=O)C(c2ccc(C)cc2)C2=C(N=3)c3ccccc3CC2)cccc1OC. The molecular weight excluding hydrogens is 524 g/mol. The Hall–Kier alpha value is -4.43. The molecule has 4 aromatic rings. The lowest BCUT2D eigenvalue weighted by molar-refractivity contribution is -0.142. The summed E-state index contributed by atoms with van der Waals surface area (Å²) < 4.78 is 18.3. The van der Waals surface area contributed by atoms with Crippen molar-refractivity contribution in [1.82, 2.24) is 4.57 Å².